The van der Waals surface area contributed by atoms with Gasteiger partial charge in [-0.1, -0.05) is 12.1 Å². The summed E-state index contributed by atoms with van der Waals surface area (Å²) in [7, 11) is 0. The molecule has 4 rings (SSSR count). The van der Waals surface area contributed by atoms with Gasteiger partial charge in [-0.05, 0) is 49.4 Å². The van der Waals surface area contributed by atoms with Crippen LogP contribution in [0.5, 0.6) is 0 Å². The van der Waals surface area contributed by atoms with Gasteiger partial charge in [0, 0.05) is 17.5 Å². The molecule has 0 bridgehead atoms. The smallest absolute Gasteiger partial charge is 0.315 e. The molecule has 4 amide bonds. The number of fused-ring (bicyclic) bond motifs is 2. The molecule has 3 heterocycles. The Balaban J connectivity index is 1.61. The molecule has 0 saturated carbocycles. The topological polar surface area (TPSA) is 90.5 Å². The van der Waals surface area contributed by atoms with Crippen LogP contribution in [0.3, 0.4) is 0 Å². The zero-order valence-electron chi connectivity index (χ0n) is 15.7. The van der Waals surface area contributed by atoms with E-state index >= 15 is 0 Å². The van der Waals surface area contributed by atoms with Crippen LogP contribution in [0, 0.1) is 0 Å². The third-order valence-corrected chi connectivity index (χ3v) is 5.90. The lowest BCUT2D eigenvalue weighted by Gasteiger charge is -2.25. The molecule has 1 saturated heterocycles. The molecule has 0 aliphatic carbocycles. The van der Waals surface area contributed by atoms with E-state index in [1.54, 1.807) is 22.3 Å². The van der Waals surface area contributed by atoms with Crippen LogP contribution in [0.15, 0.2) is 35.7 Å². The average Bonchev–Trinajstić information content (AvgIpc) is 3.28. The van der Waals surface area contributed by atoms with Gasteiger partial charge in [-0.15, -0.1) is 11.3 Å². The first-order chi connectivity index (χ1) is 13.4. The van der Waals surface area contributed by atoms with Crippen LogP contribution in [0.4, 0.5) is 10.5 Å². The van der Waals surface area contributed by atoms with Crippen molar-refractivity contribution in [2.75, 3.05) is 11.9 Å². The first kappa shape index (κ1) is 18.5. The largest absolute Gasteiger partial charge is 0.336 e. The summed E-state index contributed by atoms with van der Waals surface area (Å²) in [5, 5.41) is 10.5. The lowest BCUT2D eigenvalue weighted by atomic mass is 10.1. The SMILES string of the molecule is CC(C)NC(=O)NC1CCN2C(=O)c3cc(-c4cccs4)ccc3NC(=O)C12. The third kappa shape index (κ3) is 3.35. The molecule has 146 valence electrons. The molecule has 2 aromatic rings. The second-order valence-electron chi connectivity index (χ2n) is 7.34. The predicted octanol–water partition coefficient (Wildman–Crippen LogP) is 2.66. The Kier molecular flexibility index (Phi) is 4.80. The summed E-state index contributed by atoms with van der Waals surface area (Å²) in [6.45, 7) is 4.15. The van der Waals surface area contributed by atoms with E-state index in [0.717, 1.165) is 10.4 Å². The van der Waals surface area contributed by atoms with Crippen molar-refractivity contribution >= 4 is 34.9 Å². The number of carbonyl (C=O) groups excluding carboxylic acids is 3. The highest BCUT2D eigenvalue weighted by molar-refractivity contribution is 7.13. The van der Waals surface area contributed by atoms with E-state index in [2.05, 4.69) is 16.0 Å². The van der Waals surface area contributed by atoms with Crippen molar-refractivity contribution in [3.63, 3.8) is 0 Å². The van der Waals surface area contributed by atoms with Crippen molar-refractivity contribution in [2.24, 2.45) is 0 Å². The molecular weight excluding hydrogens is 376 g/mol. The van der Waals surface area contributed by atoms with Crippen LogP contribution in [0.1, 0.15) is 30.6 Å². The van der Waals surface area contributed by atoms with Crippen LogP contribution in [0.25, 0.3) is 10.4 Å². The monoisotopic (exact) mass is 398 g/mol. The molecule has 0 spiro atoms. The number of carbonyl (C=O) groups is 3. The Morgan fingerprint density at radius 1 is 1.29 bits per heavy atom. The molecule has 1 aromatic carbocycles. The molecule has 2 unspecified atom stereocenters. The average molecular weight is 398 g/mol. The van der Waals surface area contributed by atoms with Crippen LogP contribution in [0.2, 0.25) is 0 Å². The maximum Gasteiger partial charge on any atom is 0.315 e. The Labute approximate surface area is 167 Å². The Bertz CT molecular complexity index is 926. The first-order valence-electron chi connectivity index (χ1n) is 9.31. The van der Waals surface area contributed by atoms with Gasteiger partial charge in [-0.25, -0.2) is 4.79 Å². The van der Waals surface area contributed by atoms with Crippen molar-refractivity contribution in [2.45, 2.75) is 38.4 Å². The lowest BCUT2D eigenvalue weighted by Crippen LogP contribution is -2.54. The van der Waals surface area contributed by atoms with E-state index < -0.39 is 12.1 Å². The van der Waals surface area contributed by atoms with Crippen molar-refractivity contribution in [3.05, 3.63) is 41.3 Å². The zero-order valence-corrected chi connectivity index (χ0v) is 16.5. The number of anilines is 1. The number of nitrogens with zero attached hydrogens (tertiary/aromatic N) is 1. The van der Waals surface area contributed by atoms with E-state index in [1.807, 2.05) is 43.5 Å². The number of hydrogen-bond acceptors (Lipinski definition) is 4. The van der Waals surface area contributed by atoms with Gasteiger partial charge in [-0.3, -0.25) is 9.59 Å². The summed E-state index contributed by atoms with van der Waals surface area (Å²) in [4.78, 5) is 40.8. The number of rotatable bonds is 3. The molecule has 1 fully saturated rings. The van der Waals surface area contributed by atoms with Crippen molar-refractivity contribution < 1.29 is 14.4 Å². The van der Waals surface area contributed by atoms with Gasteiger partial charge in [-0.2, -0.15) is 0 Å². The van der Waals surface area contributed by atoms with Crippen LogP contribution in [-0.4, -0.2) is 47.4 Å². The molecule has 2 aliphatic rings. The van der Waals surface area contributed by atoms with E-state index in [1.165, 1.54) is 0 Å². The number of nitrogens with one attached hydrogen (secondary N) is 3. The van der Waals surface area contributed by atoms with Gasteiger partial charge < -0.3 is 20.9 Å². The van der Waals surface area contributed by atoms with Gasteiger partial charge in [0.25, 0.3) is 5.91 Å². The summed E-state index contributed by atoms with van der Waals surface area (Å²) in [6, 6.07) is 7.99. The van der Waals surface area contributed by atoms with Gasteiger partial charge in [0.15, 0.2) is 0 Å². The summed E-state index contributed by atoms with van der Waals surface area (Å²) >= 11 is 1.60. The van der Waals surface area contributed by atoms with Crippen LogP contribution >= 0.6 is 11.3 Å². The van der Waals surface area contributed by atoms with Crippen LogP contribution < -0.4 is 16.0 Å². The first-order valence-corrected chi connectivity index (χ1v) is 10.2. The Morgan fingerprint density at radius 3 is 2.82 bits per heavy atom. The normalized spacial score (nSPS) is 21.0. The molecule has 2 atom stereocenters. The van der Waals surface area contributed by atoms with E-state index in [0.29, 0.717) is 24.2 Å². The molecule has 0 radical (unpaired) electrons. The Hall–Kier alpha value is -2.87. The molecule has 3 N–H and O–H groups in total. The minimum Gasteiger partial charge on any atom is -0.336 e. The number of amides is 4. The number of thiophene rings is 1. The van der Waals surface area contributed by atoms with Crippen molar-refractivity contribution in [1.29, 1.82) is 0 Å². The van der Waals surface area contributed by atoms with Crippen molar-refractivity contribution in [3.8, 4) is 10.4 Å². The second-order valence-corrected chi connectivity index (χ2v) is 8.29. The summed E-state index contributed by atoms with van der Waals surface area (Å²) < 4.78 is 0. The van der Waals surface area contributed by atoms with E-state index in [-0.39, 0.29) is 23.9 Å². The highest BCUT2D eigenvalue weighted by Crippen LogP contribution is 2.33. The highest BCUT2D eigenvalue weighted by atomic mass is 32.1. The third-order valence-electron chi connectivity index (χ3n) is 4.98. The molecule has 2 aliphatic heterocycles. The minimum absolute atomic E-state index is 0.0120. The minimum atomic E-state index is -0.719. The highest BCUT2D eigenvalue weighted by Gasteiger charge is 2.45. The fourth-order valence-electron chi connectivity index (χ4n) is 3.76. The summed E-state index contributed by atoms with van der Waals surface area (Å²) in [5.74, 6) is -0.464. The lowest BCUT2D eigenvalue weighted by molar-refractivity contribution is -0.120. The quantitative estimate of drug-likeness (QED) is 0.742. The maximum atomic E-state index is 13.2. The fourth-order valence-corrected chi connectivity index (χ4v) is 4.48. The molecule has 1 aromatic heterocycles. The zero-order chi connectivity index (χ0) is 19.8. The molecule has 28 heavy (non-hydrogen) atoms. The van der Waals surface area contributed by atoms with Gasteiger partial charge in [0.1, 0.15) is 6.04 Å². The second kappa shape index (κ2) is 7.27. The number of benzene rings is 1. The fraction of sp³-hybridized carbons (Fsp3) is 0.350. The summed E-state index contributed by atoms with van der Waals surface area (Å²) in [5.41, 5.74) is 1.93. The number of hydrogen-bond donors (Lipinski definition) is 3. The van der Waals surface area contributed by atoms with E-state index in [4.69, 9.17) is 0 Å². The van der Waals surface area contributed by atoms with Crippen LogP contribution in [-0.2, 0) is 4.79 Å². The molecule has 8 heteroatoms. The predicted molar refractivity (Wildman–Crippen MR) is 108 cm³/mol. The Morgan fingerprint density at radius 2 is 2.11 bits per heavy atom. The summed E-state index contributed by atoms with van der Waals surface area (Å²) in [6.07, 6.45) is 0.537. The van der Waals surface area contributed by atoms with Gasteiger partial charge in [0.05, 0.1) is 17.3 Å². The van der Waals surface area contributed by atoms with Crippen molar-refractivity contribution in [1.82, 2.24) is 15.5 Å². The molecular formula is C20H22N4O3S. The van der Waals surface area contributed by atoms with Gasteiger partial charge >= 0.3 is 6.03 Å². The molecule has 7 nitrogen and oxygen atoms in total. The van der Waals surface area contributed by atoms with Gasteiger partial charge in [0.2, 0.25) is 5.91 Å². The number of urea groups is 1. The standard InChI is InChI=1S/C20H22N4O3S/c1-11(2)21-20(27)23-15-7-8-24-17(15)18(25)22-14-6-5-12(10-13(14)19(24)26)16-4-3-9-28-16/h3-6,9-11,15,17H,7-8H2,1-2H3,(H,22,25)(H2,21,23,27). The maximum absolute atomic E-state index is 13.2. The van der Waals surface area contributed by atoms with E-state index in [9.17, 15) is 14.4 Å².